The van der Waals surface area contributed by atoms with Crippen LogP contribution in [0.1, 0.15) is 31.0 Å². The molecule has 4 aromatic rings. The summed E-state index contributed by atoms with van der Waals surface area (Å²) >= 11 is 3.46. The molecular formula is C22H21BrN6O2. The fraction of sp³-hybridized carbons (Fsp3) is 0.227. The average molecular weight is 481 g/mol. The number of nitrogens with zero attached hydrogens (tertiary/aromatic N) is 5. The summed E-state index contributed by atoms with van der Waals surface area (Å²) in [6.45, 7) is 5.87. The van der Waals surface area contributed by atoms with E-state index in [1.807, 2.05) is 32.9 Å². The van der Waals surface area contributed by atoms with E-state index in [0.29, 0.717) is 17.3 Å². The van der Waals surface area contributed by atoms with E-state index in [9.17, 15) is 4.79 Å². The van der Waals surface area contributed by atoms with Gasteiger partial charge in [0.1, 0.15) is 0 Å². The Morgan fingerprint density at radius 3 is 2.65 bits per heavy atom. The Morgan fingerprint density at radius 2 is 1.94 bits per heavy atom. The number of aryl methyl sites for hydroxylation is 1. The lowest BCUT2D eigenvalue weighted by atomic mass is 10.1. The van der Waals surface area contributed by atoms with E-state index in [-0.39, 0.29) is 23.3 Å². The molecule has 0 aliphatic heterocycles. The minimum Gasteiger partial charge on any atom is -0.414 e. The second-order valence-corrected chi connectivity index (χ2v) is 8.00. The zero-order chi connectivity index (χ0) is 22.1. The number of aromatic nitrogens is 5. The molecule has 0 aliphatic carbocycles. The maximum Gasteiger partial charge on any atom is 0.270 e. The van der Waals surface area contributed by atoms with Gasteiger partial charge in [-0.2, -0.15) is 0 Å². The monoisotopic (exact) mass is 480 g/mol. The van der Waals surface area contributed by atoms with Crippen molar-refractivity contribution in [1.82, 2.24) is 24.7 Å². The Hall–Kier alpha value is -3.33. The van der Waals surface area contributed by atoms with E-state index in [0.717, 1.165) is 27.6 Å². The fourth-order valence-electron chi connectivity index (χ4n) is 3.23. The van der Waals surface area contributed by atoms with Crippen molar-refractivity contribution >= 4 is 21.7 Å². The van der Waals surface area contributed by atoms with Crippen molar-refractivity contribution in [2.45, 2.75) is 32.1 Å². The van der Waals surface area contributed by atoms with Crippen LogP contribution in [0.2, 0.25) is 0 Å². The first kappa shape index (κ1) is 20.9. The molecule has 0 spiro atoms. The number of hydrogen-bond acceptors (Lipinski definition) is 7. The lowest BCUT2D eigenvalue weighted by Gasteiger charge is -2.11. The third-order valence-corrected chi connectivity index (χ3v) is 5.54. The van der Waals surface area contributed by atoms with Gasteiger partial charge in [-0.3, -0.25) is 4.79 Å². The number of hydrogen-bond donors (Lipinski definition) is 1. The van der Waals surface area contributed by atoms with Gasteiger partial charge in [0.25, 0.3) is 11.4 Å². The molecule has 3 aromatic heterocycles. The van der Waals surface area contributed by atoms with E-state index in [2.05, 4.69) is 42.2 Å². The highest BCUT2D eigenvalue weighted by molar-refractivity contribution is 9.08. The Labute approximate surface area is 187 Å². The summed E-state index contributed by atoms with van der Waals surface area (Å²) in [5, 5.41) is 9.08. The van der Waals surface area contributed by atoms with E-state index >= 15 is 0 Å². The van der Waals surface area contributed by atoms with E-state index in [1.165, 1.54) is 6.07 Å². The van der Waals surface area contributed by atoms with Gasteiger partial charge >= 0.3 is 0 Å². The molecule has 0 saturated heterocycles. The Bertz CT molecular complexity index is 1310. The molecule has 8 nitrogen and oxygen atoms in total. The van der Waals surface area contributed by atoms with E-state index in [4.69, 9.17) is 10.2 Å². The molecule has 31 heavy (non-hydrogen) atoms. The molecule has 9 heteroatoms. The van der Waals surface area contributed by atoms with Gasteiger partial charge in [-0.05, 0) is 44.0 Å². The average Bonchev–Trinajstić information content (AvgIpc) is 3.23. The normalized spacial score (nSPS) is 11.3. The number of pyridine rings is 1. The first-order chi connectivity index (χ1) is 14.9. The minimum atomic E-state index is -0.0785. The van der Waals surface area contributed by atoms with Crippen molar-refractivity contribution in [3.05, 3.63) is 64.2 Å². The van der Waals surface area contributed by atoms with Gasteiger partial charge in [-0.25, -0.2) is 9.97 Å². The van der Waals surface area contributed by atoms with Crippen LogP contribution in [0.4, 0.5) is 5.82 Å². The van der Waals surface area contributed by atoms with Crippen LogP contribution in [0.3, 0.4) is 0 Å². The summed E-state index contributed by atoms with van der Waals surface area (Å²) in [6.07, 6.45) is 3.31. The highest BCUT2D eigenvalue weighted by Gasteiger charge is 2.18. The topological polar surface area (TPSA) is 113 Å². The van der Waals surface area contributed by atoms with Crippen LogP contribution in [0.25, 0.3) is 34.3 Å². The number of anilines is 1. The van der Waals surface area contributed by atoms with Crippen molar-refractivity contribution in [2.24, 2.45) is 0 Å². The summed E-state index contributed by atoms with van der Waals surface area (Å²) in [5.74, 6) is 0.749. The van der Waals surface area contributed by atoms with E-state index in [1.54, 1.807) is 23.0 Å². The van der Waals surface area contributed by atoms with Crippen molar-refractivity contribution < 1.29 is 4.42 Å². The van der Waals surface area contributed by atoms with Crippen LogP contribution in [0, 0.1) is 6.92 Å². The molecule has 0 bridgehead atoms. The quantitative estimate of drug-likeness (QED) is 0.421. The zero-order valence-corrected chi connectivity index (χ0v) is 18.9. The van der Waals surface area contributed by atoms with Gasteiger partial charge in [0.05, 0.1) is 11.9 Å². The largest absolute Gasteiger partial charge is 0.414 e. The van der Waals surface area contributed by atoms with Gasteiger partial charge < -0.3 is 14.7 Å². The molecule has 2 N–H and O–H groups in total. The first-order valence-electron chi connectivity index (χ1n) is 9.72. The summed E-state index contributed by atoms with van der Waals surface area (Å²) in [4.78, 5) is 20.9. The highest BCUT2D eigenvalue weighted by atomic mass is 79.9. The molecule has 0 amide bonds. The van der Waals surface area contributed by atoms with Gasteiger partial charge in [-0.1, -0.05) is 28.1 Å². The third-order valence-electron chi connectivity index (χ3n) is 4.89. The van der Waals surface area contributed by atoms with E-state index < -0.39 is 0 Å². The number of benzene rings is 1. The summed E-state index contributed by atoms with van der Waals surface area (Å²) < 4.78 is 7.53. The minimum absolute atomic E-state index is 0.0198. The second kappa shape index (κ2) is 8.43. The standard InChI is InChI=1S/C22H21BrN6O2/c1-12(2)29-11-15(5-7-18(29)30)17-10-25-20(24)19(26-17)22-28-27-21(31-22)16-6-4-14(9-23)8-13(16)3/h4-8,10-12H,9H2,1-3H3,(H2,24,25). The Kier molecular flexibility index (Phi) is 5.69. The van der Waals surface area contributed by atoms with Crippen LogP contribution >= 0.6 is 15.9 Å². The summed E-state index contributed by atoms with van der Waals surface area (Å²) in [6, 6.07) is 9.25. The summed E-state index contributed by atoms with van der Waals surface area (Å²) in [5.41, 5.74) is 10.6. The molecule has 3 heterocycles. The van der Waals surface area contributed by atoms with Crippen molar-refractivity contribution in [3.8, 4) is 34.3 Å². The van der Waals surface area contributed by atoms with Crippen LogP contribution in [0.5, 0.6) is 0 Å². The lowest BCUT2D eigenvalue weighted by Crippen LogP contribution is -2.20. The van der Waals surface area contributed by atoms with Crippen LogP contribution in [0.15, 0.2) is 51.9 Å². The maximum atomic E-state index is 12.1. The van der Waals surface area contributed by atoms with Crippen LogP contribution in [-0.2, 0) is 5.33 Å². The first-order valence-corrected chi connectivity index (χ1v) is 10.8. The highest BCUT2D eigenvalue weighted by Crippen LogP contribution is 2.29. The summed E-state index contributed by atoms with van der Waals surface area (Å²) in [7, 11) is 0. The zero-order valence-electron chi connectivity index (χ0n) is 17.3. The fourth-order valence-corrected chi connectivity index (χ4v) is 3.58. The molecule has 0 saturated carbocycles. The molecule has 4 rings (SSSR count). The predicted octanol–water partition coefficient (Wildman–Crippen LogP) is 4.39. The number of nitrogens with two attached hydrogens (primary N) is 1. The molecule has 0 atom stereocenters. The number of nitrogen functional groups attached to an aromatic ring is 1. The van der Waals surface area contributed by atoms with Crippen molar-refractivity contribution in [3.63, 3.8) is 0 Å². The SMILES string of the molecule is Cc1cc(CBr)ccc1-c1nnc(-c2nc(-c3ccc(=O)n(C(C)C)c3)cnc2N)o1. The second-order valence-electron chi connectivity index (χ2n) is 7.44. The molecular weight excluding hydrogens is 460 g/mol. The Balaban J connectivity index is 1.74. The molecule has 0 radical (unpaired) electrons. The maximum absolute atomic E-state index is 12.1. The lowest BCUT2D eigenvalue weighted by molar-refractivity contribution is 0.578. The van der Waals surface area contributed by atoms with Crippen molar-refractivity contribution in [1.29, 1.82) is 0 Å². The molecule has 158 valence electrons. The number of alkyl halides is 1. The molecule has 0 unspecified atom stereocenters. The molecule has 0 fully saturated rings. The van der Waals surface area contributed by atoms with Gasteiger partial charge in [-0.15, -0.1) is 10.2 Å². The van der Waals surface area contributed by atoms with Gasteiger partial charge in [0, 0.05) is 34.8 Å². The smallest absolute Gasteiger partial charge is 0.270 e. The van der Waals surface area contributed by atoms with Crippen molar-refractivity contribution in [2.75, 3.05) is 5.73 Å². The third kappa shape index (κ3) is 4.13. The van der Waals surface area contributed by atoms with Crippen LogP contribution < -0.4 is 11.3 Å². The van der Waals surface area contributed by atoms with Crippen LogP contribution in [-0.4, -0.2) is 24.7 Å². The predicted molar refractivity (Wildman–Crippen MR) is 123 cm³/mol. The Morgan fingerprint density at radius 1 is 1.16 bits per heavy atom. The number of halogens is 1. The molecule has 0 aliphatic rings. The number of rotatable bonds is 5. The van der Waals surface area contributed by atoms with Gasteiger partial charge in [0.15, 0.2) is 11.5 Å². The molecule has 1 aromatic carbocycles. The van der Waals surface area contributed by atoms with Gasteiger partial charge in [0.2, 0.25) is 5.89 Å².